The van der Waals surface area contributed by atoms with Gasteiger partial charge >= 0.3 is 0 Å². The van der Waals surface area contributed by atoms with Gasteiger partial charge < -0.3 is 14.4 Å². The molecule has 26 heavy (non-hydrogen) atoms. The average molecular weight is 354 g/mol. The summed E-state index contributed by atoms with van der Waals surface area (Å²) in [4.78, 5) is 5.06. The van der Waals surface area contributed by atoms with E-state index in [-0.39, 0.29) is 0 Å². The Morgan fingerprint density at radius 1 is 0.731 bits per heavy atom. The van der Waals surface area contributed by atoms with Gasteiger partial charge in [0.1, 0.15) is 18.1 Å². The fourth-order valence-electron chi connectivity index (χ4n) is 3.26. The van der Waals surface area contributed by atoms with Crippen LogP contribution in [0.2, 0.25) is 0 Å². The Kier molecular flexibility index (Phi) is 7.35. The van der Waals surface area contributed by atoms with Crippen LogP contribution in [0, 0.1) is 0 Å². The molecule has 0 radical (unpaired) electrons. The molecule has 0 spiro atoms. The molecule has 0 N–H and O–H groups in total. The van der Waals surface area contributed by atoms with Gasteiger partial charge in [-0.1, -0.05) is 30.3 Å². The van der Waals surface area contributed by atoms with Crippen molar-refractivity contribution in [3.8, 4) is 11.5 Å². The maximum absolute atomic E-state index is 5.86. The zero-order chi connectivity index (χ0) is 18.0. The van der Waals surface area contributed by atoms with Gasteiger partial charge in [0.15, 0.2) is 0 Å². The Bertz CT molecular complexity index is 622. The molecule has 1 aliphatic rings. The molecule has 0 aliphatic carbocycles. The predicted molar refractivity (Wildman–Crippen MR) is 106 cm³/mol. The number of rotatable bonds is 9. The molecule has 2 aromatic rings. The van der Waals surface area contributed by atoms with E-state index >= 15 is 0 Å². The van der Waals surface area contributed by atoms with Gasteiger partial charge in [0.05, 0.1) is 6.61 Å². The molecule has 140 valence electrons. The summed E-state index contributed by atoms with van der Waals surface area (Å²) in [5.41, 5.74) is 1.43. The normalized spacial score (nSPS) is 15.7. The van der Waals surface area contributed by atoms with E-state index in [2.05, 4.69) is 40.1 Å². The van der Waals surface area contributed by atoms with Crippen molar-refractivity contribution in [3.05, 3.63) is 60.2 Å². The first-order valence-electron chi connectivity index (χ1n) is 9.68. The van der Waals surface area contributed by atoms with Crippen molar-refractivity contribution in [2.24, 2.45) is 0 Å². The number of piperazine rings is 1. The van der Waals surface area contributed by atoms with Crippen LogP contribution in [-0.2, 0) is 6.42 Å². The molecule has 0 amide bonds. The van der Waals surface area contributed by atoms with Crippen LogP contribution in [-0.4, -0.2) is 62.3 Å². The molecule has 0 aromatic heterocycles. The molecule has 0 saturated carbocycles. The monoisotopic (exact) mass is 354 g/mol. The maximum atomic E-state index is 5.86. The molecule has 1 saturated heterocycles. The second kappa shape index (κ2) is 10.2. The Morgan fingerprint density at radius 3 is 1.92 bits per heavy atom. The van der Waals surface area contributed by atoms with Gasteiger partial charge in [-0.25, -0.2) is 0 Å². The van der Waals surface area contributed by atoms with E-state index in [0.717, 1.165) is 63.8 Å². The highest BCUT2D eigenvalue weighted by Crippen LogP contribution is 2.17. The molecule has 1 heterocycles. The van der Waals surface area contributed by atoms with E-state index in [1.54, 1.807) is 0 Å². The van der Waals surface area contributed by atoms with Crippen LogP contribution in [0.1, 0.15) is 12.5 Å². The lowest BCUT2D eigenvalue weighted by Crippen LogP contribution is -2.47. The molecule has 1 fully saturated rings. The Balaban J connectivity index is 1.30. The molecule has 0 unspecified atom stereocenters. The van der Waals surface area contributed by atoms with Crippen LogP contribution in [0.15, 0.2) is 54.6 Å². The first kappa shape index (κ1) is 18.7. The minimum atomic E-state index is 0.692. The van der Waals surface area contributed by atoms with Gasteiger partial charge in [0, 0.05) is 39.3 Å². The number of nitrogens with zero attached hydrogens (tertiary/aromatic N) is 2. The van der Waals surface area contributed by atoms with E-state index in [0.29, 0.717) is 6.61 Å². The highest BCUT2D eigenvalue weighted by atomic mass is 16.5. The predicted octanol–water partition coefficient (Wildman–Crippen LogP) is 3.32. The molecule has 4 heteroatoms. The van der Waals surface area contributed by atoms with Crippen LogP contribution in [0.25, 0.3) is 0 Å². The smallest absolute Gasteiger partial charge is 0.119 e. The standard InChI is InChI=1S/C22H30N2O2/c1-2-25-21-8-10-22(11-9-21)26-19-18-24-16-14-23(15-17-24)13-12-20-6-4-3-5-7-20/h3-11H,2,12-19H2,1H3. The van der Waals surface area contributed by atoms with Gasteiger partial charge in [0.25, 0.3) is 0 Å². The second-order valence-corrected chi connectivity index (χ2v) is 6.67. The van der Waals surface area contributed by atoms with E-state index < -0.39 is 0 Å². The Labute approximate surface area is 157 Å². The van der Waals surface area contributed by atoms with Crippen molar-refractivity contribution in [1.29, 1.82) is 0 Å². The fourth-order valence-corrected chi connectivity index (χ4v) is 3.26. The summed E-state index contributed by atoms with van der Waals surface area (Å²) in [7, 11) is 0. The molecule has 4 nitrogen and oxygen atoms in total. The Hall–Kier alpha value is -2.04. The number of hydrogen-bond acceptors (Lipinski definition) is 4. The maximum Gasteiger partial charge on any atom is 0.119 e. The number of hydrogen-bond donors (Lipinski definition) is 0. The average Bonchev–Trinajstić information content (AvgIpc) is 2.70. The number of benzene rings is 2. The van der Waals surface area contributed by atoms with Crippen molar-refractivity contribution in [3.63, 3.8) is 0 Å². The van der Waals surface area contributed by atoms with Crippen molar-refractivity contribution in [2.45, 2.75) is 13.3 Å². The molecule has 1 aliphatic heterocycles. The van der Waals surface area contributed by atoms with Crippen molar-refractivity contribution >= 4 is 0 Å². The lowest BCUT2D eigenvalue weighted by atomic mass is 10.1. The van der Waals surface area contributed by atoms with Gasteiger partial charge in [-0.3, -0.25) is 4.90 Å². The van der Waals surface area contributed by atoms with Gasteiger partial charge in [0.2, 0.25) is 0 Å². The third-order valence-corrected chi connectivity index (χ3v) is 4.84. The molecule has 0 bridgehead atoms. The van der Waals surface area contributed by atoms with Crippen molar-refractivity contribution in [2.75, 3.05) is 52.5 Å². The second-order valence-electron chi connectivity index (χ2n) is 6.67. The minimum absolute atomic E-state index is 0.692. The Morgan fingerprint density at radius 2 is 1.31 bits per heavy atom. The quantitative estimate of drug-likeness (QED) is 0.690. The van der Waals surface area contributed by atoms with Gasteiger partial charge in [-0.05, 0) is 43.2 Å². The van der Waals surface area contributed by atoms with Crippen LogP contribution in [0.3, 0.4) is 0 Å². The zero-order valence-electron chi connectivity index (χ0n) is 15.8. The topological polar surface area (TPSA) is 24.9 Å². The zero-order valence-corrected chi connectivity index (χ0v) is 15.8. The van der Waals surface area contributed by atoms with Crippen LogP contribution in [0.4, 0.5) is 0 Å². The highest BCUT2D eigenvalue weighted by molar-refractivity contribution is 5.31. The van der Waals surface area contributed by atoms with Gasteiger partial charge in [-0.15, -0.1) is 0 Å². The van der Waals surface area contributed by atoms with E-state index in [4.69, 9.17) is 9.47 Å². The third kappa shape index (κ3) is 6.04. The lowest BCUT2D eigenvalue weighted by molar-refractivity contribution is 0.118. The van der Waals surface area contributed by atoms with Gasteiger partial charge in [-0.2, -0.15) is 0 Å². The summed E-state index contributed by atoms with van der Waals surface area (Å²) in [6.45, 7) is 10.1. The van der Waals surface area contributed by atoms with E-state index in [9.17, 15) is 0 Å². The molecular weight excluding hydrogens is 324 g/mol. The summed E-state index contributed by atoms with van der Waals surface area (Å²) >= 11 is 0. The minimum Gasteiger partial charge on any atom is -0.494 e. The lowest BCUT2D eigenvalue weighted by Gasteiger charge is -2.34. The van der Waals surface area contributed by atoms with E-state index in [1.165, 1.54) is 5.56 Å². The van der Waals surface area contributed by atoms with Crippen LogP contribution >= 0.6 is 0 Å². The van der Waals surface area contributed by atoms with Crippen LogP contribution < -0.4 is 9.47 Å². The molecular formula is C22H30N2O2. The van der Waals surface area contributed by atoms with Crippen molar-refractivity contribution < 1.29 is 9.47 Å². The third-order valence-electron chi connectivity index (χ3n) is 4.84. The van der Waals surface area contributed by atoms with E-state index in [1.807, 2.05) is 31.2 Å². The SMILES string of the molecule is CCOc1ccc(OCCN2CCN(CCc3ccccc3)CC2)cc1. The summed E-state index contributed by atoms with van der Waals surface area (Å²) in [5, 5.41) is 0. The summed E-state index contributed by atoms with van der Waals surface area (Å²) in [6.07, 6.45) is 1.14. The molecule has 3 rings (SSSR count). The van der Waals surface area contributed by atoms with Crippen molar-refractivity contribution in [1.82, 2.24) is 9.80 Å². The summed E-state index contributed by atoms with van der Waals surface area (Å²) in [6, 6.07) is 18.6. The molecule has 0 atom stereocenters. The fraction of sp³-hybridized carbons (Fsp3) is 0.455. The highest BCUT2D eigenvalue weighted by Gasteiger charge is 2.16. The largest absolute Gasteiger partial charge is 0.494 e. The first-order valence-corrected chi connectivity index (χ1v) is 9.68. The van der Waals surface area contributed by atoms with Crippen LogP contribution in [0.5, 0.6) is 11.5 Å². The molecule has 2 aromatic carbocycles. The summed E-state index contributed by atoms with van der Waals surface area (Å²) < 4.78 is 11.3. The summed E-state index contributed by atoms with van der Waals surface area (Å²) in [5.74, 6) is 1.81. The first-order chi connectivity index (χ1) is 12.8. The number of ether oxygens (including phenoxy) is 2.